The van der Waals surface area contributed by atoms with Gasteiger partial charge in [-0.3, -0.25) is 9.59 Å². The number of hydrogen-bond donors (Lipinski definition) is 1. The maximum Gasteiger partial charge on any atom is 0.326 e. The van der Waals surface area contributed by atoms with Crippen LogP contribution in [0.25, 0.3) is 0 Å². The topological polar surface area (TPSA) is 90.3 Å². The minimum atomic E-state index is -1.06. The molecule has 0 radical (unpaired) electrons. The minimum Gasteiger partial charge on any atom is -0.480 e. The second-order valence-corrected chi connectivity index (χ2v) is 4.07. The van der Waals surface area contributed by atoms with E-state index in [1.165, 1.54) is 18.9 Å². The number of nitrogens with zero attached hydrogens (tertiary/aromatic N) is 3. The number of likely N-dealkylation sites (N-methyl/N-ethyl adjacent to an activating group) is 1. The summed E-state index contributed by atoms with van der Waals surface area (Å²) in [6, 6.07) is -0.909. The quantitative estimate of drug-likeness (QED) is 0.760. The van der Waals surface area contributed by atoms with E-state index >= 15 is 0 Å². The van der Waals surface area contributed by atoms with Crippen LogP contribution < -0.4 is 0 Å². The van der Waals surface area contributed by atoms with Crippen LogP contribution in [0.4, 0.5) is 0 Å². The van der Waals surface area contributed by atoms with Crippen molar-refractivity contribution in [1.82, 2.24) is 9.91 Å². The number of hydrazone groups is 1. The van der Waals surface area contributed by atoms with Crippen LogP contribution in [0.5, 0.6) is 0 Å². The van der Waals surface area contributed by atoms with Crippen LogP contribution in [-0.2, 0) is 14.4 Å². The zero-order valence-corrected chi connectivity index (χ0v) is 10.7. The first-order chi connectivity index (χ1) is 8.38. The molecule has 2 amide bonds. The highest BCUT2D eigenvalue weighted by atomic mass is 16.4. The second kappa shape index (κ2) is 5.61. The summed E-state index contributed by atoms with van der Waals surface area (Å²) in [6.07, 6.45) is 0.477. The van der Waals surface area contributed by atoms with Crippen molar-refractivity contribution in [3.05, 3.63) is 0 Å². The summed E-state index contributed by atoms with van der Waals surface area (Å²) in [4.78, 5) is 35.5. The summed E-state index contributed by atoms with van der Waals surface area (Å²) in [5, 5.41) is 13.9. The molecule has 7 nitrogen and oxygen atoms in total. The molecule has 1 N–H and O–H groups in total. The molecule has 7 heteroatoms. The number of amides is 2. The molecule has 0 aromatic heterocycles. The molecule has 18 heavy (non-hydrogen) atoms. The first kappa shape index (κ1) is 14.1. The molecule has 0 saturated heterocycles. The Morgan fingerprint density at radius 3 is 2.56 bits per heavy atom. The highest BCUT2D eigenvalue weighted by Gasteiger charge is 2.30. The lowest BCUT2D eigenvalue weighted by Gasteiger charge is -2.27. The predicted molar refractivity (Wildman–Crippen MR) is 63.9 cm³/mol. The maximum absolute atomic E-state index is 12.1. The third-order valence-corrected chi connectivity index (χ3v) is 2.88. The van der Waals surface area contributed by atoms with Crippen molar-refractivity contribution < 1.29 is 19.5 Å². The van der Waals surface area contributed by atoms with Gasteiger partial charge >= 0.3 is 5.97 Å². The smallest absolute Gasteiger partial charge is 0.326 e. The Morgan fingerprint density at radius 2 is 2.11 bits per heavy atom. The second-order valence-electron chi connectivity index (χ2n) is 4.07. The van der Waals surface area contributed by atoms with E-state index in [9.17, 15) is 14.4 Å². The van der Waals surface area contributed by atoms with Crippen LogP contribution in [0.15, 0.2) is 5.10 Å². The van der Waals surface area contributed by atoms with Crippen molar-refractivity contribution in [2.75, 3.05) is 13.6 Å². The molecular weight excluding hydrogens is 238 g/mol. The van der Waals surface area contributed by atoms with Crippen molar-refractivity contribution >= 4 is 23.5 Å². The van der Waals surface area contributed by atoms with E-state index in [1.54, 1.807) is 6.92 Å². The van der Waals surface area contributed by atoms with E-state index in [1.807, 2.05) is 0 Å². The number of carbonyl (C=O) groups is 3. The Labute approximate surface area is 105 Å². The molecule has 100 valence electrons. The molecule has 0 spiro atoms. The summed E-state index contributed by atoms with van der Waals surface area (Å²) in [6.45, 7) is 3.43. The molecule has 1 aliphatic heterocycles. The summed E-state index contributed by atoms with van der Waals surface area (Å²) >= 11 is 0. The van der Waals surface area contributed by atoms with Crippen LogP contribution in [0.1, 0.15) is 26.7 Å². The van der Waals surface area contributed by atoms with E-state index in [0.29, 0.717) is 0 Å². The van der Waals surface area contributed by atoms with Gasteiger partial charge in [0.2, 0.25) is 5.91 Å². The SMILES string of the molecule is CCN(C(=O)C1=NN(C)C(=O)CC1)C(C)C(=O)O. The maximum atomic E-state index is 12.1. The third kappa shape index (κ3) is 2.85. The van der Waals surface area contributed by atoms with Gasteiger partial charge in [0.1, 0.15) is 11.8 Å². The number of rotatable bonds is 4. The van der Waals surface area contributed by atoms with Gasteiger partial charge < -0.3 is 10.0 Å². The van der Waals surface area contributed by atoms with Gasteiger partial charge in [0.15, 0.2) is 0 Å². The molecule has 0 aromatic rings. The summed E-state index contributed by atoms with van der Waals surface area (Å²) < 4.78 is 0. The zero-order valence-electron chi connectivity index (χ0n) is 10.7. The van der Waals surface area contributed by atoms with Gasteiger partial charge in [0.05, 0.1) is 0 Å². The summed E-state index contributed by atoms with van der Waals surface area (Å²) in [5.41, 5.74) is 0.229. The molecule has 1 heterocycles. The predicted octanol–water partition coefficient (Wildman–Crippen LogP) is -0.0838. The fraction of sp³-hybridized carbons (Fsp3) is 0.636. The highest BCUT2D eigenvalue weighted by Crippen LogP contribution is 2.11. The average molecular weight is 255 g/mol. The van der Waals surface area contributed by atoms with E-state index < -0.39 is 17.9 Å². The molecular formula is C11H17N3O4. The summed E-state index contributed by atoms with van der Waals surface area (Å²) in [7, 11) is 1.48. The zero-order chi connectivity index (χ0) is 13.9. The van der Waals surface area contributed by atoms with E-state index in [-0.39, 0.29) is 31.0 Å². The molecule has 0 bridgehead atoms. The lowest BCUT2D eigenvalue weighted by atomic mass is 10.1. The monoisotopic (exact) mass is 255 g/mol. The van der Waals surface area contributed by atoms with Gasteiger partial charge in [-0.2, -0.15) is 5.10 Å². The Kier molecular flexibility index (Phi) is 4.41. The average Bonchev–Trinajstić information content (AvgIpc) is 2.33. The van der Waals surface area contributed by atoms with E-state index in [4.69, 9.17) is 5.11 Å². The van der Waals surface area contributed by atoms with Crippen molar-refractivity contribution in [1.29, 1.82) is 0 Å². The highest BCUT2D eigenvalue weighted by molar-refractivity contribution is 6.39. The lowest BCUT2D eigenvalue weighted by molar-refractivity contribution is -0.147. The number of carboxylic acids is 1. The third-order valence-electron chi connectivity index (χ3n) is 2.88. The molecule has 1 rings (SSSR count). The van der Waals surface area contributed by atoms with Crippen molar-refractivity contribution in [2.45, 2.75) is 32.7 Å². The molecule has 1 unspecified atom stereocenters. The van der Waals surface area contributed by atoms with Crippen molar-refractivity contribution in [3.63, 3.8) is 0 Å². The molecule has 1 aliphatic rings. The Bertz CT molecular complexity index is 405. The molecule has 0 saturated carbocycles. The summed E-state index contributed by atoms with van der Waals surface area (Å²) in [5.74, 6) is -1.64. The number of hydrogen-bond acceptors (Lipinski definition) is 4. The van der Waals surface area contributed by atoms with Crippen LogP contribution >= 0.6 is 0 Å². The minimum absolute atomic E-state index is 0.152. The van der Waals surface area contributed by atoms with Gasteiger partial charge in [-0.1, -0.05) is 0 Å². The molecule has 0 aliphatic carbocycles. The Balaban J connectivity index is 2.89. The number of aliphatic carboxylic acids is 1. The Morgan fingerprint density at radius 1 is 1.50 bits per heavy atom. The van der Waals surface area contributed by atoms with Gasteiger partial charge in [-0.05, 0) is 13.8 Å². The van der Waals surface area contributed by atoms with Gasteiger partial charge in [0, 0.05) is 26.4 Å². The van der Waals surface area contributed by atoms with Crippen LogP contribution in [0.2, 0.25) is 0 Å². The van der Waals surface area contributed by atoms with Crippen molar-refractivity contribution in [2.24, 2.45) is 5.10 Å². The lowest BCUT2D eigenvalue weighted by Crippen LogP contribution is -2.47. The van der Waals surface area contributed by atoms with Gasteiger partial charge in [-0.25, -0.2) is 9.80 Å². The molecule has 0 fully saturated rings. The normalized spacial score (nSPS) is 17.2. The van der Waals surface area contributed by atoms with Crippen LogP contribution in [0, 0.1) is 0 Å². The first-order valence-corrected chi connectivity index (χ1v) is 5.76. The standard InChI is InChI=1S/C11H17N3O4/c1-4-14(7(2)11(17)18)10(16)8-5-6-9(15)13(3)12-8/h7H,4-6H2,1-3H3,(H,17,18). The number of carbonyl (C=O) groups excluding carboxylic acids is 2. The van der Waals surface area contributed by atoms with E-state index in [0.717, 1.165) is 5.01 Å². The van der Waals surface area contributed by atoms with Crippen LogP contribution in [-0.4, -0.2) is 58.1 Å². The molecule has 0 aromatic carbocycles. The fourth-order valence-corrected chi connectivity index (χ4v) is 1.72. The van der Waals surface area contributed by atoms with Gasteiger partial charge in [0.25, 0.3) is 5.91 Å². The fourth-order valence-electron chi connectivity index (χ4n) is 1.72. The van der Waals surface area contributed by atoms with E-state index in [2.05, 4.69) is 5.10 Å². The van der Waals surface area contributed by atoms with Gasteiger partial charge in [-0.15, -0.1) is 0 Å². The first-order valence-electron chi connectivity index (χ1n) is 5.76. The Hall–Kier alpha value is -1.92. The van der Waals surface area contributed by atoms with Crippen molar-refractivity contribution in [3.8, 4) is 0 Å². The largest absolute Gasteiger partial charge is 0.480 e. The number of carboxylic acid groups (broad SMARTS) is 1. The molecule has 1 atom stereocenters. The van der Waals surface area contributed by atoms with Crippen LogP contribution in [0.3, 0.4) is 0 Å².